The molecule has 0 atom stereocenters. The maximum Gasteiger partial charge on any atom is 0.437 e. The maximum absolute atomic E-state index is 13.7. The Bertz CT molecular complexity index is 1090. The second-order valence-corrected chi connectivity index (χ2v) is 14.9. The number of carbonyl (C=O) groups excluding carboxylic acids is 3. The van der Waals surface area contributed by atoms with Gasteiger partial charge in [-0.2, -0.15) is 0 Å². The first-order valence-electron chi connectivity index (χ1n) is 17.6. The Labute approximate surface area is 312 Å². The molecule has 0 heterocycles. The van der Waals surface area contributed by atoms with Gasteiger partial charge in [0.05, 0.1) is 66.0 Å². The van der Waals surface area contributed by atoms with Crippen LogP contribution in [-0.4, -0.2) is 181 Å². The fourth-order valence-corrected chi connectivity index (χ4v) is 3.73. The van der Waals surface area contributed by atoms with Gasteiger partial charge in [-0.25, -0.2) is 19.3 Å². The number of ether oxygens (including phenoxy) is 8. The number of hydrogen-bond donors (Lipinski definition) is 0. The number of carbonyl (C=O) groups is 3. The molecule has 0 unspecified atom stereocenters. The largest absolute Gasteiger partial charge is 0.444 e. The quantitative estimate of drug-likeness (QED) is 0.0518. The molecule has 16 heteroatoms. The molecule has 0 bridgehead atoms. The predicted molar refractivity (Wildman–Crippen MR) is 199 cm³/mol. The average Bonchev–Trinajstić information content (AvgIpc) is 2.98. The Morgan fingerprint density at radius 2 is 0.981 bits per heavy atom. The number of hydrogen-bond acceptors (Lipinski definition) is 12. The molecule has 3 amide bonds. The summed E-state index contributed by atoms with van der Waals surface area (Å²) in [5.74, 6) is 2.38. The van der Waals surface area contributed by atoms with E-state index in [-0.39, 0.29) is 71.8 Å². The van der Waals surface area contributed by atoms with E-state index in [0.717, 1.165) is 0 Å². The van der Waals surface area contributed by atoms with Gasteiger partial charge in [0.1, 0.15) is 23.4 Å². The van der Waals surface area contributed by atoms with Crippen LogP contribution >= 0.6 is 0 Å². The molecule has 302 valence electrons. The second kappa shape index (κ2) is 25.7. The summed E-state index contributed by atoms with van der Waals surface area (Å²) in [7, 11) is 5.52. The van der Waals surface area contributed by atoms with Crippen molar-refractivity contribution in [1.29, 1.82) is 0 Å². The van der Waals surface area contributed by atoms with Crippen LogP contribution in [-0.2, 0) is 37.9 Å². The highest BCUT2D eigenvalue weighted by Crippen LogP contribution is 2.15. The molecule has 16 nitrogen and oxygen atoms in total. The highest BCUT2D eigenvalue weighted by atomic mass is 16.6. The Morgan fingerprint density at radius 1 is 0.558 bits per heavy atom. The lowest BCUT2D eigenvalue weighted by molar-refractivity contribution is 0.0102. The Kier molecular flexibility index (Phi) is 24.1. The minimum absolute atomic E-state index is 0.0125. The van der Waals surface area contributed by atoms with Crippen molar-refractivity contribution >= 4 is 24.2 Å². The van der Waals surface area contributed by atoms with E-state index in [4.69, 9.17) is 44.3 Å². The van der Waals surface area contributed by atoms with Gasteiger partial charge in [-0.1, -0.05) is 5.92 Å². The minimum atomic E-state index is -0.893. The van der Waals surface area contributed by atoms with Crippen molar-refractivity contribution in [3.8, 4) is 12.3 Å². The van der Waals surface area contributed by atoms with Crippen molar-refractivity contribution in [1.82, 2.24) is 19.6 Å². The monoisotopic (exact) mass is 745 g/mol. The maximum atomic E-state index is 13.7. The SMILES string of the molecule is C#CCOCCOCCOCCN(C(=O)OC(C)(C)C)/C(=N/C(=O)OC(C)(C)C)N(CCOCCN(C)C)CCOCCN(C)C(=O)OC(C)(C)C. The van der Waals surface area contributed by atoms with E-state index in [1.54, 1.807) is 74.3 Å². The van der Waals surface area contributed by atoms with E-state index >= 15 is 0 Å². The van der Waals surface area contributed by atoms with Crippen LogP contribution in [0.4, 0.5) is 14.4 Å². The van der Waals surface area contributed by atoms with E-state index in [2.05, 4.69) is 10.9 Å². The molecule has 52 heavy (non-hydrogen) atoms. The zero-order valence-corrected chi connectivity index (χ0v) is 33.9. The summed E-state index contributed by atoms with van der Waals surface area (Å²) < 4.78 is 44.9. The number of amides is 3. The zero-order chi connectivity index (χ0) is 39.8. The molecular weight excluding hydrogens is 678 g/mol. The first-order valence-corrected chi connectivity index (χ1v) is 17.6. The number of terminal acetylenes is 1. The predicted octanol–water partition coefficient (Wildman–Crippen LogP) is 3.96. The van der Waals surface area contributed by atoms with Crippen molar-refractivity contribution < 1.29 is 52.3 Å². The summed E-state index contributed by atoms with van der Waals surface area (Å²) in [4.78, 5) is 50.0. The normalized spacial score (nSPS) is 12.3. The molecule has 0 aromatic heterocycles. The van der Waals surface area contributed by atoms with Crippen molar-refractivity contribution in [2.45, 2.75) is 79.1 Å². The molecule has 0 N–H and O–H groups in total. The Hall–Kier alpha value is -3.20. The third-order valence-corrected chi connectivity index (χ3v) is 6.08. The van der Waals surface area contributed by atoms with E-state index < -0.39 is 35.1 Å². The van der Waals surface area contributed by atoms with Gasteiger partial charge >= 0.3 is 18.3 Å². The van der Waals surface area contributed by atoms with E-state index in [1.807, 2.05) is 19.0 Å². The summed E-state index contributed by atoms with van der Waals surface area (Å²) in [6.45, 7) is 19.8. The summed E-state index contributed by atoms with van der Waals surface area (Å²) in [5, 5.41) is 0. The molecule has 0 spiro atoms. The highest BCUT2D eigenvalue weighted by Gasteiger charge is 2.31. The third-order valence-electron chi connectivity index (χ3n) is 6.08. The summed E-state index contributed by atoms with van der Waals surface area (Å²) in [6.07, 6.45) is 3.08. The Balaban J connectivity index is 6.15. The fraction of sp³-hybridized carbons (Fsp3) is 0.833. The van der Waals surface area contributed by atoms with Gasteiger partial charge in [-0.05, 0) is 76.4 Å². The fourth-order valence-electron chi connectivity index (χ4n) is 3.73. The summed E-state index contributed by atoms with van der Waals surface area (Å²) in [6, 6.07) is 0. The number of likely N-dealkylation sites (N-methyl/N-ethyl adjacent to an activating group) is 2. The summed E-state index contributed by atoms with van der Waals surface area (Å²) >= 11 is 0. The lowest BCUT2D eigenvalue weighted by atomic mass is 10.2. The van der Waals surface area contributed by atoms with Crippen LogP contribution in [0.15, 0.2) is 4.99 Å². The highest BCUT2D eigenvalue weighted by molar-refractivity contribution is 5.99. The van der Waals surface area contributed by atoms with Crippen molar-refractivity contribution in [3.63, 3.8) is 0 Å². The van der Waals surface area contributed by atoms with E-state index in [0.29, 0.717) is 33.0 Å². The van der Waals surface area contributed by atoms with Gasteiger partial charge in [-0.3, -0.25) is 0 Å². The van der Waals surface area contributed by atoms with Crippen LogP contribution in [0.5, 0.6) is 0 Å². The van der Waals surface area contributed by atoms with Crippen LogP contribution in [0.2, 0.25) is 0 Å². The summed E-state index contributed by atoms with van der Waals surface area (Å²) in [5.41, 5.74) is -2.32. The molecule has 0 saturated heterocycles. The number of guanidine groups is 1. The minimum Gasteiger partial charge on any atom is -0.444 e. The molecule has 0 aromatic rings. The molecule has 0 aliphatic rings. The lowest BCUT2D eigenvalue weighted by Gasteiger charge is -2.34. The van der Waals surface area contributed by atoms with Crippen LogP contribution in [0.25, 0.3) is 0 Å². The van der Waals surface area contributed by atoms with Gasteiger partial charge in [0.15, 0.2) is 0 Å². The molecule has 0 rings (SSSR count). The van der Waals surface area contributed by atoms with Gasteiger partial charge in [0.2, 0.25) is 5.96 Å². The molecule has 0 radical (unpaired) electrons. The standard InChI is InChI=1S/C36H67N5O11/c1-14-20-45-26-28-49-29-27-48-25-19-41(33(44)52-36(8,9)10)30(37-31(42)50-34(2,3)4)40(17-23-46-21-15-38(11)12)18-24-47-22-16-39(13)32(43)51-35(5,6)7/h1H,15-29H2,2-13H3/b37-30+. The van der Waals surface area contributed by atoms with Crippen LogP contribution in [0.1, 0.15) is 62.3 Å². The molecular formula is C36H67N5O11. The molecule has 0 aliphatic heterocycles. The van der Waals surface area contributed by atoms with Crippen molar-refractivity contribution in [2.75, 3.05) is 120 Å². The molecule has 0 fully saturated rings. The van der Waals surface area contributed by atoms with Gasteiger partial charge < -0.3 is 52.6 Å². The van der Waals surface area contributed by atoms with Crippen molar-refractivity contribution in [2.24, 2.45) is 4.99 Å². The second-order valence-electron chi connectivity index (χ2n) is 14.9. The van der Waals surface area contributed by atoms with Gasteiger partial charge in [0, 0.05) is 33.2 Å². The van der Waals surface area contributed by atoms with Gasteiger partial charge in [0.25, 0.3) is 0 Å². The number of aliphatic imine (C=N–C) groups is 1. The van der Waals surface area contributed by atoms with Crippen LogP contribution in [0, 0.1) is 12.3 Å². The van der Waals surface area contributed by atoms with Crippen molar-refractivity contribution in [3.05, 3.63) is 0 Å². The van der Waals surface area contributed by atoms with Crippen LogP contribution in [0.3, 0.4) is 0 Å². The first-order chi connectivity index (χ1) is 24.1. The van der Waals surface area contributed by atoms with Gasteiger partial charge in [-0.15, -0.1) is 11.4 Å². The lowest BCUT2D eigenvalue weighted by Crippen LogP contribution is -2.52. The zero-order valence-electron chi connectivity index (χ0n) is 33.9. The Morgan fingerprint density at radius 3 is 1.48 bits per heavy atom. The van der Waals surface area contributed by atoms with E-state index in [1.165, 1.54) is 9.80 Å². The smallest absolute Gasteiger partial charge is 0.437 e. The number of nitrogens with zero attached hydrogens (tertiary/aromatic N) is 5. The van der Waals surface area contributed by atoms with Crippen LogP contribution < -0.4 is 0 Å². The topological polar surface area (TPSA) is 150 Å². The third kappa shape index (κ3) is 27.5. The van der Waals surface area contributed by atoms with E-state index in [9.17, 15) is 14.4 Å². The first kappa shape index (κ1) is 48.8. The number of rotatable bonds is 22. The molecule has 0 aromatic carbocycles. The average molecular weight is 746 g/mol. The molecule has 0 saturated carbocycles. The molecule has 0 aliphatic carbocycles.